The van der Waals surface area contributed by atoms with Crippen LogP contribution in [0.1, 0.15) is 69.2 Å². The SMILES string of the molecule is CC(=O)Oc1ccc(C(O)CNCCCCCCOCC(C)(C)c2ccccc2)cc1CO. The number of ether oxygens (including phenoxy) is 2. The number of hydrogen-bond acceptors (Lipinski definition) is 6. The molecule has 2 aromatic carbocycles. The lowest BCUT2D eigenvalue weighted by Gasteiger charge is -2.25. The smallest absolute Gasteiger partial charge is 0.308 e. The summed E-state index contributed by atoms with van der Waals surface area (Å²) in [6, 6.07) is 15.5. The molecule has 33 heavy (non-hydrogen) atoms. The van der Waals surface area contributed by atoms with Crippen LogP contribution in [0, 0.1) is 0 Å². The zero-order valence-corrected chi connectivity index (χ0v) is 20.2. The minimum atomic E-state index is -0.692. The first-order valence-electron chi connectivity index (χ1n) is 11.8. The molecule has 6 nitrogen and oxygen atoms in total. The Bertz CT molecular complexity index is 838. The van der Waals surface area contributed by atoms with Gasteiger partial charge in [0.15, 0.2) is 0 Å². The van der Waals surface area contributed by atoms with Gasteiger partial charge in [0, 0.05) is 31.1 Å². The van der Waals surface area contributed by atoms with Crippen molar-refractivity contribution < 1.29 is 24.5 Å². The number of carbonyl (C=O) groups excluding carboxylic acids is 1. The lowest BCUT2D eigenvalue weighted by molar-refractivity contribution is -0.131. The van der Waals surface area contributed by atoms with E-state index in [9.17, 15) is 15.0 Å². The van der Waals surface area contributed by atoms with Crippen molar-refractivity contribution >= 4 is 5.97 Å². The maximum atomic E-state index is 11.1. The van der Waals surface area contributed by atoms with Crippen molar-refractivity contribution in [3.8, 4) is 5.75 Å². The highest BCUT2D eigenvalue weighted by Crippen LogP contribution is 2.24. The molecule has 3 N–H and O–H groups in total. The highest BCUT2D eigenvalue weighted by molar-refractivity contribution is 5.69. The Morgan fingerprint density at radius 3 is 2.48 bits per heavy atom. The van der Waals surface area contributed by atoms with Gasteiger partial charge in [-0.25, -0.2) is 0 Å². The molecule has 0 aliphatic rings. The molecule has 182 valence electrons. The normalized spacial score (nSPS) is 12.5. The third-order valence-electron chi connectivity index (χ3n) is 5.64. The van der Waals surface area contributed by atoms with Crippen LogP contribution in [0.5, 0.6) is 5.75 Å². The lowest BCUT2D eigenvalue weighted by atomic mass is 9.86. The Kier molecular flexibility index (Phi) is 11.5. The molecule has 0 saturated heterocycles. The first-order valence-corrected chi connectivity index (χ1v) is 11.8. The molecule has 0 spiro atoms. The zero-order valence-electron chi connectivity index (χ0n) is 20.2. The van der Waals surface area contributed by atoms with Crippen molar-refractivity contribution in [1.29, 1.82) is 0 Å². The quantitative estimate of drug-likeness (QED) is 0.210. The first-order chi connectivity index (χ1) is 15.8. The molecule has 2 rings (SSSR count). The Balaban J connectivity index is 1.55. The topological polar surface area (TPSA) is 88.0 Å². The first kappa shape index (κ1) is 27.0. The molecule has 0 saturated carbocycles. The Hall–Kier alpha value is -2.25. The van der Waals surface area contributed by atoms with Crippen LogP contribution < -0.4 is 10.1 Å². The number of esters is 1. The van der Waals surface area contributed by atoms with E-state index in [4.69, 9.17) is 9.47 Å². The van der Waals surface area contributed by atoms with Gasteiger partial charge < -0.3 is 25.0 Å². The van der Waals surface area contributed by atoms with Gasteiger partial charge in [-0.1, -0.05) is 63.1 Å². The second-order valence-electron chi connectivity index (χ2n) is 9.06. The van der Waals surface area contributed by atoms with E-state index in [1.807, 2.05) is 6.07 Å². The number of aliphatic hydroxyl groups excluding tert-OH is 2. The van der Waals surface area contributed by atoms with Gasteiger partial charge in [0.25, 0.3) is 0 Å². The largest absolute Gasteiger partial charge is 0.426 e. The molecule has 0 amide bonds. The van der Waals surface area contributed by atoms with Crippen LogP contribution >= 0.6 is 0 Å². The number of unbranched alkanes of at least 4 members (excludes halogenated alkanes) is 3. The molecule has 0 aliphatic carbocycles. The van der Waals surface area contributed by atoms with Crippen LogP contribution in [0.2, 0.25) is 0 Å². The summed E-state index contributed by atoms with van der Waals surface area (Å²) in [4.78, 5) is 11.1. The molecular weight excluding hydrogens is 418 g/mol. The summed E-state index contributed by atoms with van der Waals surface area (Å²) in [6.45, 7) is 8.22. The molecule has 0 aromatic heterocycles. The van der Waals surface area contributed by atoms with Gasteiger partial charge in [0.05, 0.1) is 19.3 Å². The predicted molar refractivity (Wildman–Crippen MR) is 130 cm³/mol. The van der Waals surface area contributed by atoms with Crippen molar-refractivity contribution in [2.75, 3.05) is 26.3 Å². The number of rotatable bonds is 15. The van der Waals surface area contributed by atoms with Crippen molar-refractivity contribution in [2.24, 2.45) is 0 Å². The van der Waals surface area contributed by atoms with Crippen LogP contribution in [0.25, 0.3) is 0 Å². The Morgan fingerprint density at radius 2 is 1.79 bits per heavy atom. The summed E-state index contributed by atoms with van der Waals surface area (Å²) in [5.74, 6) is -0.122. The summed E-state index contributed by atoms with van der Waals surface area (Å²) < 4.78 is 11.0. The van der Waals surface area contributed by atoms with Gasteiger partial charge >= 0.3 is 5.97 Å². The fourth-order valence-electron chi connectivity index (χ4n) is 3.65. The average molecular weight is 458 g/mol. The van der Waals surface area contributed by atoms with Crippen LogP contribution in [0.15, 0.2) is 48.5 Å². The molecule has 0 radical (unpaired) electrons. The highest BCUT2D eigenvalue weighted by atomic mass is 16.5. The number of nitrogens with one attached hydrogen (secondary N) is 1. The maximum absolute atomic E-state index is 11.1. The van der Waals surface area contributed by atoms with Crippen LogP contribution in [0.3, 0.4) is 0 Å². The minimum absolute atomic E-state index is 0.0186. The van der Waals surface area contributed by atoms with E-state index < -0.39 is 12.1 Å². The third-order valence-corrected chi connectivity index (χ3v) is 5.64. The minimum Gasteiger partial charge on any atom is -0.426 e. The Labute approximate surface area is 197 Å². The monoisotopic (exact) mass is 457 g/mol. The number of benzene rings is 2. The molecule has 1 atom stereocenters. The lowest BCUT2D eigenvalue weighted by Crippen LogP contribution is -2.24. The number of carbonyl (C=O) groups is 1. The standard InChI is InChI=1S/C27H39NO5/c1-21(30)33-26-14-13-22(17-23(26)19-29)25(31)18-28-15-9-4-5-10-16-32-20-27(2,3)24-11-7-6-8-12-24/h6-8,11-14,17,25,28-29,31H,4-5,9-10,15-16,18-20H2,1-3H3. The summed E-state index contributed by atoms with van der Waals surface area (Å²) >= 11 is 0. The van der Waals surface area contributed by atoms with Gasteiger partial charge in [-0.3, -0.25) is 4.79 Å². The molecule has 0 aliphatic heterocycles. The predicted octanol–water partition coefficient (Wildman–Crippen LogP) is 4.28. The van der Waals surface area contributed by atoms with E-state index in [0.717, 1.165) is 45.4 Å². The Morgan fingerprint density at radius 1 is 1.06 bits per heavy atom. The van der Waals surface area contributed by atoms with Crippen molar-refractivity contribution in [2.45, 2.75) is 64.6 Å². The van der Waals surface area contributed by atoms with E-state index in [2.05, 4.69) is 43.4 Å². The van der Waals surface area contributed by atoms with Crippen LogP contribution in [0.4, 0.5) is 0 Å². The van der Waals surface area contributed by atoms with Crippen LogP contribution in [-0.4, -0.2) is 42.5 Å². The molecule has 6 heteroatoms. The molecule has 1 unspecified atom stereocenters. The third kappa shape index (κ3) is 9.64. The maximum Gasteiger partial charge on any atom is 0.308 e. The van der Waals surface area contributed by atoms with Gasteiger partial charge in [-0.05, 0) is 42.6 Å². The van der Waals surface area contributed by atoms with E-state index in [1.165, 1.54) is 12.5 Å². The van der Waals surface area contributed by atoms with E-state index >= 15 is 0 Å². The summed E-state index contributed by atoms with van der Waals surface area (Å²) in [5, 5.41) is 23.2. The van der Waals surface area contributed by atoms with Gasteiger partial charge in [-0.15, -0.1) is 0 Å². The summed E-state index contributed by atoms with van der Waals surface area (Å²) in [7, 11) is 0. The van der Waals surface area contributed by atoms with Gasteiger partial charge in [0.1, 0.15) is 5.75 Å². The van der Waals surface area contributed by atoms with Crippen molar-refractivity contribution in [3.63, 3.8) is 0 Å². The number of hydrogen-bond donors (Lipinski definition) is 3. The molecular formula is C27H39NO5. The average Bonchev–Trinajstić information content (AvgIpc) is 2.80. The zero-order chi connectivity index (χ0) is 24.1. The van der Waals surface area contributed by atoms with Gasteiger partial charge in [0.2, 0.25) is 0 Å². The summed E-state index contributed by atoms with van der Waals surface area (Å²) in [5.41, 5.74) is 2.48. The molecule has 0 bridgehead atoms. The fourth-order valence-corrected chi connectivity index (χ4v) is 3.65. The molecule has 0 heterocycles. The fraction of sp³-hybridized carbons (Fsp3) is 0.519. The van der Waals surface area contributed by atoms with E-state index in [-0.39, 0.29) is 12.0 Å². The van der Waals surface area contributed by atoms with Crippen LogP contribution in [-0.2, 0) is 21.6 Å². The second kappa shape index (κ2) is 14.1. The second-order valence-corrected chi connectivity index (χ2v) is 9.06. The van der Waals surface area contributed by atoms with E-state index in [1.54, 1.807) is 18.2 Å². The van der Waals surface area contributed by atoms with E-state index in [0.29, 0.717) is 23.4 Å². The summed E-state index contributed by atoms with van der Waals surface area (Å²) in [6.07, 6.45) is 3.62. The molecule has 2 aromatic rings. The molecule has 0 fully saturated rings. The van der Waals surface area contributed by atoms with Crippen molar-refractivity contribution in [3.05, 3.63) is 65.2 Å². The van der Waals surface area contributed by atoms with Crippen molar-refractivity contribution in [1.82, 2.24) is 5.32 Å². The highest BCUT2D eigenvalue weighted by Gasteiger charge is 2.20. The van der Waals surface area contributed by atoms with Gasteiger partial charge in [-0.2, -0.15) is 0 Å². The number of aliphatic hydroxyl groups is 2.